The Kier molecular flexibility index (Phi) is 4.16. The largest absolute Gasteiger partial charge is 0.480 e. The van der Waals surface area contributed by atoms with E-state index in [1.165, 1.54) is 0 Å². The van der Waals surface area contributed by atoms with Gasteiger partial charge in [-0.15, -0.1) is 0 Å². The van der Waals surface area contributed by atoms with Crippen molar-refractivity contribution >= 4 is 14.3 Å². The molecule has 0 fully saturated rings. The molecule has 1 unspecified atom stereocenters. The van der Waals surface area contributed by atoms with Gasteiger partial charge in [0.2, 0.25) is 0 Å². The normalized spacial score (nSPS) is 21.6. The van der Waals surface area contributed by atoms with Gasteiger partial charge >= 0.3 is 5.97 Å². The minimum Gasteiger partial charge on any atom is -0.480 e. The van der Waals surface area contributed by atoms with Crippen molar-refractivity contribution in [1.29, 1.82) is 0 Å². The van der Waals surface area contributed by atoms with Gasteiger partial charge in [0.15, 0.2) is 8.32 Å². The van der Waals surface area contributed by atoms with Crippen LogP contribution in [-0.4, -0.2) is 26.0 Å². The summed E-state index contributed by atoms with van der Waals surface area (Å²) in [6.07, 6.45) is 5.09. The van der Waals surface area contributed by atoms with Crippen LogP contribution in [0, 0.1) is 0 Å². The first-order valence-electron chi connectivity index (χ1n) is 6.99. The highest BCUT2D eigenvalue weighted by Crippen LogP contribution is 2.36. The molecule has 0 spiro atoms. The van der Waals surface area contributed by atoms with Crippen molar-refractivity contribution in [2.75, 3.05) is 6.61 Å². The quantitative estimate of drug-likeness (QED) is 0.668. The molecular formula is C16H22O3Si. The van der Waals surface area contributed by atoms with E-state index in [9.17, 15) is 9.90 Å². The zero-order valence-electron chi connectivity index (χ0n) is 12.3. The van der Waals surface area contributed by atoms with Crippen LogP contribution in [0.25, 0.3) is 0 Å². The molecule has 0 radical (unpaired) electrons. The molecule has 1 aliphatic rings. The number of rotatable bonds is 5. The predicted octanol–water partition coefficient (Wildman–Crippen LogP) is 3.36. The maximum absolute atomic E-state index is 11.9. The molecule has 0 heterocycles. The summed E-state index contributed by atoms with van der Waals surface area (Å²) in [4.78, 5) is 11.9. The molecule has 20 heavy (non-hydrogen) atoms. The summed E-state index contributed by atoms with van der Waals surface area (Å²) in [6, 6.07) is 7.82. The predicted molar refractivity (Wildman–Crippen MR) is 82.5 cm³/mol. The second-order valence-electron chi connectivity index (χ2n) is 6.25. The van der Waals surface area contributed by atoms with E-state index < -0.39 is 19.7 Å². The van der Waals surface area contributed by atoms with Crippen LogP contribution in [-0.2, 0) is 21.1 Å². The number of benzene rings is 1. The molecular weight excluding hydrogens is 268 g/mol. The molecule has 1 N–H and O–H groups in total. The molecule has 0 saturated heterocycles. The number of carbonyl (C=O) groups is 1. The summed E-state index contributed by atoms with van der Waals surface area (Å²) in [5.74, 6) is -0.792. The van der Waals surface area contributed by atoms with Gasteiger partial charge in [0.25, 0.3) is 0 Å². The van der Waals surface area contributed by atoms with E-state index in [1.54, 1.807) is 0 Å². The Bertz CT molecular complexity index is 531. The summed E-state index contributed by atoms with van der Waals surface area (Å²) in [5.41, 5.74) is 1.08. The number of hydrogen-bond donors (Lipinski definition) is 1. The third-order valence-corrected chi connectivity index (χ3v) is 4.72. The maximum Gasteiger partial charge on any atom is 0.318 e. The lowest BCUT2D eigenvalue weighted by molar-refractivity contribution is -0.142. The molecule has 1 aliphatic carbocycles. The highest BCUT2D eigenvalue weighted by Gasteiger charge is 2.40. The molecule has 0 aliphatic heterocycles. The Morgan fingerprint density at radius 3 is 2.70 bits per heavy atom. The minimum absolute atomic E-state index is 0.486. The van der Waals surface area contributed by atoms with Crippen LogP contribution in [0.1, 0.15) is 17.5 Å². The fourth-order valence-electron chi connectivity index (χ4n) is 2.64. The summed E-state index contributed by atoms with van der Waals surface area (Å²) in [7, 11) is -1.62. The lowest BCUT2D eigenvalue weighted by Crippen LogP contribution is -2.39. The highest BCUT2D eigenvalue weighted by atomic mass is 28.4. The zero-order valence-corrected chi connectivity index (χ0v) is 13.3. The molecule has 1 atom stereocenters. The van der Waals surface area contributed by atoms with E-state index in [2.05, 4.69) is 19.6 Å². The van der Waals surface area contributed by atoms with Gasteiger partial charge in [0.1, 0.15) is 5.41 Å². The number of hydrogen-bond acceptors (Lipinski definition) is 2. The van der Waals surface area contributed by atoms with E-state index in [-0.39, 0.29) is 0 Å². The van der Waals surface area contributed by atoms with Crippen molar-refractivity contribution in [3.63, 3.8) is 0 Å². The Hall–Kier alpha value is -1.39. The van der Waals surface area contributed by atoms with Gasteiger partial charge in [-0.1, -0.05) is 36.4 Å². The molecule has 0 bridgehead atoms. The number of carboxylic acids is 1. The van der Waals surface area contributed by atoms with Gasteiger partial charge in [-0.2, -0.15) is 0 Å². The lowest BCUT2D eigenvalue weighted by Gasteiger charge is -2.32. The standard InChI is InChI=1S/C16H22O3Si/c1-20(2,3)19-12-11-16(15(17)18)10-6-8-13-7-4-5-9-14(13)16/h4-7,9-10H,8,11-12H2,1-3H3,(H,17,18). The molecule has 0 saturated carbocycles. The molecule has 0 amide bonds. The van der Waals surface area contributed by atoms with E-state index in [0.29, 0.717) is 13.0 Å². The van der Waals surface area contributed by atoms with Crippen LogP contribution in [0.2, 0.25) is 19.6 Å². The lowest BCUT2D eigenvalue weighted by atomic mass is 9.72. The van der Waals surface area contributed by atoms with Gasteiger partial charge in [-0.05, 0) is 43.6 Å². The molecule has 2 rings (SSSR count). The molecule has 3 nitrogen and oxygen atoms in total. The Morgan fingerprint density at radius 2 is 2.05 bits per heavy atom. The fraction of sp³-hybridized carbons (Fsp3) is 0.438. The summed E-state index contributed by atoms with van der Waals surface area (Å²) >= 11 is 0. The molecule has 108 valence electrons. The zero-order chi connectivity index (χ0) is 14.8. The van der Waals surface area contributed by atoms with Crippen LogP contribution in [0.3, 0.4) is 0 Å². The van der Waals surface area contributed by atoms with E-state index >= 15 is 0 Å². The topological polar surface area (TPSA) is 46.5 Å². The Labute approximate surface area is 121 Å². The first kappa shape index (κ1) is 15.0. The van der Waals surface area contributed by atoms with Gasteiger partial charge in [0.05, 0.1) is 0 Å². The summed E-state index contributed by atoms with van der Waals surface area (Å²) in [5, 5.41) is 9.77. The number of carboxylic acid groups (broad SMARTS) is 1. The van der Waals surface area contributed by atoms with Crippen LogP contribution < -0.4 is 0 Å². The Morgan fingerprint density at radius 1 is 1.35 bits per heavy atom. The highest BCUT2D eigenvalue weighted by molar-refractivity contribution is 6.69. The third-order valence-electron chi connectivity index (χ3n) is 3.65. The monoisotopic (exact) mass is 290 g/mol. The van der Waals surface area contributed by atoms with E-state index in [1.807, 2.05) is 36.4 Å². The molecule has 0 aromatic heterocycles. The first-order chi connectivity index (χ1) is 9.35. The second kappa shape index (κ2) is 5.54. The van der Waals surface area contributed by atoms with Crippen LogP contribution in [0.15, 0.2) is 36.4 Å². The first-order valence-corrected chi connectivity index (χ1v) is 10.4. The maximum atomic E-state index is 11.9. The number of aliphatic carboxylic acids is 1. The smallest absolute Gasteiger partial charge is 0.318 e. The third kappa shape index (κ3) is 3.02. The van der Waals surface area contributed by atoms with Crippen molar-refractivity contribution in [2.24, 2.45) is 0 Å². The average molecular weight is 290 g/mol. The number of allylic oxidation sites excluding steroid dienone is 1. The van der Waals surface area contributed by atoms with E-state index in [4.69, 9.17) is 4.43 Å². The number of fused-ring (bicyclic) bond motifs is 1. The van der Waals surface area contributed by atoms with Crippen molar-refractivity contribution in [1.82, 2.24) is 0 Å². The summed E-state index contributed by atoms with van der Waals surface area (Å²) < 4.78 is 5.86. The summed E-state index contributed by atoms with van der Waals surface area (Å²) in [6.45, 7) is 6.84. The minimum atomic E-state index is -1.62. The van der Waals surface area contributed by atoms with Crippen LogP contribution >= 0.6 is 0 Å². The van der Waals surface area contributed by atoms with Gasteiger partial charge in [0, 0.05) is 6.61 Å². The fourth-order valence-corrected chi connectivity index (χ4v) is 3.35. The molecule has 4 heteroatoms. The second-order valence-corrected chi connectivity index (χ2v) is 10.8. The molecule has 1 aromatic rings. The van der Waals surface area contributed by atoms with Crippen molar-refractivity contribution in [2.45, 2.75) is 37.9 Å². The SMILES string of the molecule is C[Si](C)(C)OCCC1(C(=O)O)C=CCc2ccccc21. The van der Waals surface area contributed by atoms with Gasteiger partial charge in [-0.3, -0.25) is 4.79 Å². The Balaban J connectivity index is 2.29. The van der Waals surface area contributed by atoms with Crippen LogP contribution in [0.4, 0.5) is 0 Å². The average Bonchev–Trinajstić information content (AvgIpc) is 2.37. The van der Waals surface area contributed by atoms with Gasteiger partial charge < -0.3 is 9.53 Å². The van der Waals surface area contributed by atoms with Crippen molar-refractivity contribution < 1.29 is 14.3 Å². The van der Waals surface area contributed by atoms with Crippen LogP contribution in [0.5, 0.6) is 0 Å². The van der Waals surface area contributed by atoms with E-state index in [0.717, 1.165) is 17.5 Å². The molecule has 1 aromatic carbocycles. The van der Waals surface area contributed by atoms with Gasteiger partial charge in [-0.25, -0.2) is 0 Å². The van der Waals surface area contributed by atoms with Crippen molar-refractivity contribution in [3.05, 3.63) is 47.5 Å². The van der Waals surface area contributed by atoms with Crippen molar-refractivity contribution in [3.8, 4) is 0 Å².